The van der Waals surface area contributed by atoms with E-state index in [2.05, 4.69) is 15.8 Å². The number of pyridine rings is 1. The summed E-state index contributed by atoms with van der Waals surface area (Å²) in [5.74, 6) is -0.786. The summed E-state index contributed by atoms with van der Waals surface area (Å²) in [6.45, 7) is 3.70. The Labute approximate surface area is 133 Å². The Morgan fingerprint density at radius 1 is 0.957 bits per heavy atom. The predicted octanol–water partition coefficient (Wildman–Crippen LogP) is 2.03. The first kappa shape index (κ1) is 14.8. The van der Waals surface area contributed by atoms with Crippen LogP contribution < -0.4 is 10.9 Å². The molecule has 0 saturated carbocycles. The number of aryl methyl sites for hydroxylation is 2. The van der Waals surface area contributed by atoms with Crippen LogP contribution in [-0.4, -0.2) is 21.2 Å². The second-order valence-electron chi connectivity index (χ2n) is 5.25. The van der Waals surface area contributed by atoms with Crippen LogP contribution in [0.2, 0.25) is 0 Å². The van der Waals surface area contributed by atoms with Gasteiger partial charge in [-0.25, -0.2) is 4.98 Å². The van der Waals surface area contributed by atoms with Crippen LogP contribution in [0.3, 0.4) is 0 Å². The molecule has 6 heteroatoms. The van der Waals surface area contributed by atoms with E-state index < -0.39 is 5.91 Å². The third-order valence-corrected chi connectivity index (χ3v) is 3.52. The number of hydrogen-bond donors (Lipinski definition) is 2. The van der Waals surface area contributed by atoms with Gasteiger partial charge in [0.15, 0.2) is 0 Å². The van der Waals surface area contributed by atoms with Crippen molar-refractivity contribution in [1.82, 2.24) is 20.2 Å². The molecule has 23 heavy (non-hydrogen) atoms. The standard InChI is InChI=1S/C17H16N4O2/c1-11-6-8-13(9-7-11)16(22)19-20-17(23)15-12(2)18-14-5-3-4-10-21(14)15/h3-10H,1-2H3,(H,19,22)(H,20,23). The maximum Gasteiger partial charge on any atom is 0.288 e. The number of amides is 2. The molecule has 0 atom stereocenters. The fourth-order valence-corrected chi connectivity index (χ4v) is 2.34. The van der Waals surface area contributed by atoms with E-state index in [9.17, 15) is 9.59 Å². The highest BCUT2D eigenvalue weighted by Crippen LogP contribution is 2.11. The number of hydrogen-bond acceptors (Lipinski definition) is 3. The molecule has 0 bridgehead atoms. The van der Waals surface area contributed by atoms with Crippen molar-refractivity contribution in [1.29, 1.82) is 0 Å². The van der Waals surface area contributed by atoms with E-state index in [1.165, 1.54) is 0 Å². The Hall–Kier alpha value is -3.15. The second-order valence-corrected chi connectivity index (χ2v) is 5.25. The molecule has 116 valence electrons. The number of aromatic nitrogens is 2. The Morgan fingerprint density at radius 3 is 2.39 bits per heavy atom. The maximum atomic E-state index is 12.3. The monoisotopic (exact) mass is 308 g/mol. The fourth-order valence-electron chi connectivity index (χ4n) is 2.34. The molecule has 0 spiro atoms. The van der Waals surface area contributed by atoms with Gasteiger partial charge in [0.25, 0.3) is 11.8 Å². The summed E-state index contributed by atoms with van der Waals surface area (Å²) in [5, 5.41) is 0. The lowest BCUT2D eigenvalue weighted by Crippen LogP contribution is -2.42. The quantitative estimate of drug-likeness (QED) is 0.711. The first-order valence-corrected chi connectivity index (χ1v) is 7.17. The molecule has 2 N–H and O–H groups in total. The molecule has 0 radical (unpaired) electrons. The van der Waals surface area contributed by atoms with Crippen LogP contribution in [0.1, 0.15) is 32.1 Å². The first-order chi connectivity index (χ1) is 11.1. The highest BCUT2D eigenvalue weighted by Gasteiger charge is 2.17. The zero-order chi connectivity index (χ0) is 16.4. The van der Waals surface area contributed by atoms with E-state index in [-0.39, 0.29) is 5.91 Å². The number of nitrogens with zero attached hydrogens (tertiary/aromatic N) is 2. The third kappa shape index (κ3) is 2.91. The van der Waals surface area contributed by atoms with Crippen molar-refractivity contribution in [2.45, 2.75) is 13.8 Å². The highest BCUT2D eigenvalue weighted by atomic mass is 16.2. The average Bonchev–Trinajstić information content (AvgIpc) is 2.88. The van der Waals surface area contributed by atoms with E-state index in [1.807, 2.05) is 37.3 Å². The number of carbonyl (C=O) groups is 2. The van der Waals surface area contributed by atoms with Crippen molar-refractivity contribution in [2.75, 3.05) is 0 Å². The van der Waals surface area contributed by atoms with Crippen LogP contribution in [0.15, 0.2) is 48.7 Å². The van der Waals surface area contributed by atoms with Gasteiger partial charge in [0, 0.05) is 11.8 Å². The fraction of sp³-hybridized carbons (Fsp3) is 0.118. The maximum absolute atomic E-state index is 12.3. The average molecular weight is 308 g/mol. The molecule has 1 aromatic carbocycles. The minimum atomic E-state index is -0.415. The molecular formula is C17H16N4O2. The summed E-state index contributed by atoms with van der Waals surface area (Å²) in [6, 6.07) is 12.6. The van der Waals surface area contributed by atoms with Crippen LogP contribution in [0.25, 0.3) is 5.65 Å². The van der Waals surface area contributed by atoms with E-state index in [4.69, 9.17) is 0 Å². The smallest absolute Gasteiger partial charge is 0.288 e. The second kappa shape index (κ2) is 5.92. The van der Waals surface area contributed by atoms with Crippen molar-refractivity contribution >= 4 is 17.5 Å². The van der Waals surface area contributed by atoms with E-state index in [0.717, 1.165) is 5.56 Å². The lowest BCUT2D eigenvalue weighted by molar-refractivity contribution is 0.0843. The van der Waals surface area contributed by atoms with Crippen molar-refractivity contribution in [3.63, 3.8) is 0 Å². The number of hydrazine groups is 1. The molecule has 0 aliphatic rings. The lowest BCUT2D eigenvalue weighted by Gasteiger charge is -2.08. The van der Waals surface area contributed by atoms with Crippen molar-refractivity contribution in [3.8, 4) is 0 Å². The van der Waals surface area contributed by atoms with Gasteiger partial charge in [-0.3, -0.25) is 24.8 Å². The summed E-state index contributed by atoms with van der Waals surface area (Å²) in [4.78, 5) is 28.7. The lowest BCUT2D eigenvalue weighted by atomic mass is 10.1. The van der Waals surface area contributed by atoms with Gasteiger partial charge in [-0.05, 0) is 38.1 Å². The Morgan fingerprint density at radius 2 is 1.65 bits per heavy atom. The first-order valence-electron chi connectivity index (χ1n) is 7.17. The van der Waals surface area contributed by atoms with Gasteiger partial charge in [-0.2, -0.15) is 0 Å². The SMILES string of the molecule is Cc1ccc(C(=O)NNC(=O)c2c(C)nc3ccccn23)cc1. The summed E-state index contributed by atoms with van der Waals surface area (Å²) >= 11 is 0. The van der Waals surface area contributed by atoms with E-state index >= 15 is 0 Å². The van der Waals surface area contributed by atoms with E-state index in [0.29, 0.717) is 22.6 Å². The number of carbonyl (C=O) groups excluding carboxylic acids is 2. The molecule has 0 fully saturated rings. The van der Waals surface area contributed by atoms with Crippen LogP contribution >= 0.6 is 0 Å². The van der Waals surface area contributed by atoms with Gasteiger partial charge in [0.2, 0.25) is 0 Å². The highest BCUT2D eigenvalue weighted by molar-refractivity contribution is 5.99. The summed E-state index contributed by atoms with van der Waals surface area (Å²) < 4.78 is 1.68. The molecule has 2 amide bonds. The van der Waals surface area contributed by atoms with E-state index in [1.54, 1.807) is 29.7 Å². The molecule has 3 rings (SSSR count). The van der Waals surface area contributed by atoms with Crippen LogP contribution in [0.5, 0.6) is 0 Å². The molecule has 2 heterocycles. The number of benzene rings is 1. The molecule has 0 aliphatic heterocycles. The minimum Gasteiger partial charge on any atom is -0.295 e. The minimum absolute atomic E-state index is 0.371. The van der Waals surface area contributed by atoms with Gasteiger partial charge in [0.05, 0.1) is 5.69 Å². The van der Waals surface area contributed by atoms with Crippen LogP contribution in [0, 0.1) is 13.8 Å². The topological polar surface area (TPSA) is 75.5 Å². The summed E-state index contributed by atoms with van der Waals surface area (Å²) in [6.07, 6.45) is 1.76. The zero-order valence-corrected chi connectivity index (χ0v) is 12.8. The predicted molar refractivity (Wildman–Crippen MR) is 86.0 cm³/mol. The van der Waals surface area contributed by atoms with Crippen molar-refractivity contribution in [3.05, 3.63) is 71.2 Å². The third-order valence-electron chi connectivity index (χ3n) is 3.52. The van der Waals surface area contributed by atoms with Crippen LogP contribution in [0.4, 0.5) is 0 Å². The summed E-state index contributed by atoms with van der Waals surface area (Å²) in [7, 11) is 0. The molecule has 0 aliphatic carbocycles. The molecular weight excluding hydrogens is 292 g/mol. The molecule has 6 nitrogen and oxygen atoms in total. The normalized spacial score (nSPS) is 10.5. The Bertz CT molecular complexity index is 881. The molecule has 3 aromatic rings. The zero-order valence-electron chi connectivity index (χ0n) is 12.8. The molecule has 0 saturated heterocycles. The largest absolute Gasteiger partial charge is 0.295 e. The summed E-state index contributed by atoms with van der Waals surface area (Å²) in [5.41, 5.74) is 8.06. The van der Waals surface area contributed by atoms with Crippen molar-refractivity contribution < 1.29 is 9.59 Å². The Kier molecular flexibility index (Phi) is 3.80. The number of rotatable bonds is 2. The number of imidazole rings is 1. The van der Waals surface area contributed by atoms with Gasteiger partial charge in [0.1, 0.15) is 11.3 Å². The molecule has 0 unspecified atom stereocenters. The van der Waals surface area contributed by atoms with Gasteiger partial charge in [-0.15, -0.1) is 0 Å². The number of fused-ring (bicyclic) bond motifs is 1. The van der Waals surface area contributed by atoms with Crippen LogP contribution in [-0.2, 0) is 0 Å². The Balaban J connectivity index is 1.75. The van der Waals surface area contributed by atoms with Gasteiger partial charge >= 0.3 is 0 Å². The van der Waals surface area contributed by atoms with Gasteiger partial charge in [-0.1, -0.05) is 23.8 Å². The molecule has 2 aromatic heterocycles. The van der Waals surface area contributed by atoms with Crippen molar-refractivity contribution in [2.24, 2.45) is 0 Å². The van der Waals surface area contributed by atoms with Gasteiger partial charge < -0.3 is 0 Å². The number of nitrogens with one attached hydrogen (secondary N) is 2.